The lowest BCUT2D eigenvalue weighted by atomic mass is 10.0. The van der Waals surface area contributed by atoms with E-state index in [0.717, 1.165) is 6.42 Å². The highest BCUT2D eigenvalue weighted by atomic mass is 16.4. The molecular formula is C12H19N3O2. The van der Waals surface area contributed by atoms with Crippen LogP contribution in [0.4, 0.5) is 0 Å². The number of carboxylic acid groups (broad SMARTS) is 1. The summed E-state index contributed by atoms with van der Waals surface area (Å²) in [6.45, 7) is 6.84. The van der Waals surface area contributed by atoms with Crippen molar-refractivity contribution in [3.05, 3.63) is 23.8 Å². The quantitative estimate of drug-likeness (QED) is 0.787. The largest absolute Gasteiger partial charge is 0.478 e. The summed E-state index contributed by atoms with van der Waals surface area (Å²) in [5, 5.41) is 12.3. The third-order valence-corrected chi connectivity index (χ3v) is 2.80. The van der Waals surface area contributed by atoms with E-state index in [9.17, 15) is 4.79 Å². The molecular weight excluding hydrogens is 218 g/mol. The Morgan fingerprint density at radius 1 is 1.53 bits per heavy atom. The van der Waals surface area contributed by atoms with Gasteiger partial charge < -0.3 is 10.4 Å². The van der Waals surface area contributed by atoms with Gasteiger partial charge in [0.1, 0.15) is 11.9 Å². The van der Waals surface area contributed by atoms with Crippen molar-refractivity contribution in [2.45, 2.75) is 39.8 Å². The molecule has 0 amide bonds. The van der Waals surface area contributed by atoms with Crippen LogP contribution in [-0.4, -0.2) is 27.1 Å². The zero-order valence-electron chi connectivity index (χ0n) is 10.5. The van der Waals surface area contributed by atoms with Crippen LogP contribution in [0.25, 0.3) is 0 Å². The van der Waals surface area contributed by atoms with Crippen LogP contribution in [0.5, 0.6) is 0 Å². The lowest BCUT2D eigenvalue weighted by Gasteiger charge is -2.20. The Morgan fingerprint density at radius 2 is 2.24 bits per heavy atom. The molecule has 0 fully saturated rings. The normalized spacial score (nSPS) is 12.7. The summed E-state index contributed by atoms with van der Waals surface area (Å²) >= 11 is 0. The Hall–Kier alpha value is -1.49. The van der Waals surface area contributed by atoms with Gasteiger partial charge in [0, 0.05) is 18.8 Å². The van der Waals surface area contributed by atoms with Gasteiger partial charge in [0.15, 0.2) is 0 Å². The Balaban J connectivity index is 2.72. The molecule has 17 heavy (non-hydrogen) atoms. The average molecular weight is 237 g/mol. The second kappa shape index (κ2) is 6.30. The highest BCUT2D eigenvalue weighted by Gasteiger charge is 2.14. The molecule has 1 heterocycles. The first-order chi connectivity index (χ1) is 8.06. The lowest BCUT2D eigenvalue weighted by molar-refractivity contribution is 0.0694. The van der Waals surface area contributed by atoms with Crippen molar-refractivity contribution in [1.29, 1.82) is 0 Å². The summed E-state index contributed by atoms with van der Waals surface area (Å²) in [5.74, 6) is -0.477. The first kappa shape index (κ1) is 13.6. The lowest BCUT2D eigenvalue weighted by Crippen LogP contribution is -2.33. The molecule has 0 aliphatic carbocycles. The van der Waals surface area contributed by atoms with Gasteiger partial charge in [0.25, 0.3) is 0 Å². The Kier molecular flexibility index (Phi) is 5.03. The van der Waals surface area contributed by atoms with Crippen LogP contribution in [0.1, 0.15) is 43.2 Å². The van der Waals surface area contributed by atoms with Gasteiger partial charge in [0.2, 0.25) is 0 Å². The summed E-state index contributed by atoms with van der Waals surface area (Å²) in [5.41, 5.74) is 0.699. The number of nitrogens with zero attached hydrogens (tertiary/aromatic N) is 2. The van der Waals surface area contributed by atoms with Gasteiger partial charge >= 0.3 is 5.97 Å². The third-order valence-electron chi connectivity index (χ3n) is 2.80. The van der Waals surface area contributed by atoms with Crippen molar-refractivity contribution < 1.29 is 9.90 Å². The minimum atomic E-state index is -0.986. The molecule has 2 N–H and O–H groups in total. The topological polar surface area (TPSA) is 75.1 Å². The molecule has 1 unspecified atom stereocenters. The van der Waals surface area contributed by atoms with Crippen molar-refractivity contribution in [3.8, 4) is 0 Å². The molecule has 0 aliphatic rings. The van der Waals surface area contributed by atoms with Crippen LogP contribution in [0.15, 0.2) is 12.5 Å². The number of hydrogen-bond acceptors (Lipinski definition) is 4. The number of nitrogens with one attached hydrogen (secondary N) is 1. The molecule has 1 aromatic heterocycles. The van der Waals surface area contributed by atoms with Crippen molar-refractivity contribution >= 4 is 5.97 Å². The molecule has 0 radical (unpaired) electrons. The van der Waals surface area contributed by atoms with Crippen molar-refractivity contribution in [2.75, 3.05) is 0 Å². The SMILES string of the molecule is CCC(NCc1ncncc1C(=O)O)C(C)C. The van der Waals surface area contributed by atoms with Gasteiger partial charge in [0.05, 0.1) is 5.69 Å². The maximum absolute atomic E-state index is 11.0. The van der Waals surface area contributed by atoms with E-state index in [2.05, 4.69) is 36.1 Å². The van der Waals surface area contributed by atoms with E-state index in [1.165, 1.54) is 12.5 Å². The molecule has 94 valence electrons. The second-order valence-electron chi connectivity index (χ2n) is 4.33. The molecule has 5 heteroatoms. The predicted molar refractivity (Wildman–Crippen MR) is 64.7 cm³/mol. The molecule has 0 saturated heterocycles. The summed E-state index contributed by atoms with van der Waals surface area (Å²) in [4.78, 5) is 18.7. The number of carbonyl (C=O) groups is 1. The number of rotatable bonds is 6. The van der Waals surface area contributed by atoms with E-state index in [1.807, 2.05) is 0 Å². The van der Waals surface area contributed by atoms with Gasteiger partial charge in [-0.2, -0.15) is 0 Å². The van der Waals surface area contributed by atoms with Crippen LogP contribution in [-0.2, 0) is 6.54 Å². The average Bonchev–Trinajstić information content (AvgIpc) is 2.29. The van der Waals surface area contributed by atoms with Crippen molar-refractivity contribution in [1.82, 2.24) is 15.3 Å². The Bertz CT molecular complexity index is 380. The van der Waals surface area contributed by atoms with Crippen LogP contribution in [0, 0.1) is 5.92 Å². The fraction of sp³-hybridized carbons (Fsp3) is 0.583. The van der Waals surface area contributed by atoms with E-state index < -0.39 is 5.97 Å². The predicted octanol–water partition coefficient (Wildman–Crippen LogP) is 1.70. The smallest absolute Gasteiger partial charge is 0.339 e. The molecule has 1 aromatic rings. The zero-order valence-corrected chi connectivity index (χ0v) is 10.5. The zero-order chi connectivity index (χ0) is 12.8. The third kappa shape index (κ3) is 3.78. The molecule has 1 atom stereocenters. The second-order valence-corrected chi connectivity index (χ2v) is 4.33. The first-order valence-corrected chi connectivity index (χ1v) is 5.81. The highest BCUT2D eigenvalue weighted by Crippen LogP contribution is 2.08. The van der Waals surface area contributed by atoms with Gasteiger partial charge in [-0.15, -0.1) is 0 Å². The van der Waals surface area contributed by atoms with Crippen LogP contribution < -0.4 is 5.32 Å². The summed E-state index contributed by atoms with van der Waals surface area (Å²) < 4.78 is 0. The molecule has 1 rings (SSSR count). The number of hydrogen-bond donors (Lipinski definition) is 2. The van der Waals surface area contributed by atoms with Crippen LogP contribution >= 0.6 is 0 Å². The summed E-state index contributed by atoms with van der Waals surface area (Å²) in [6.07, 6.45) is 3.72. The molecule has 0 aliphatic heterocycles. The van der Waals surface area contributed by atoms with Crippen LogP contribution in [0.2, 0.25) is 0 Å². The monoisotopic (exact) mass is 237 g/mol. The van der Waals surface area contributed by atoms with E-state index in [0.29, 0.717) is 24.2 Å². The van der Waals surface area contributed by atoms with E-state index in [1.54, 1.807) is 0 Å². The first-order valence-electron chi connectivity index (χ1n) is 5.81. The van der Waals surface area contributed by atoms with Crippen molar-refractivity contribution in [3.63, 3.8) is 0 Å². The Labute approximate surface area is 101 Å². The number of aromatic nitrogens is 2. The van der Waals surface area contributed by atoms with E-state index in [-0.39, 0.29) is 5.56 Å². The van der Waals surface area contributed by atoms with E-state index >= 15 is 0 Å². The number of carboxylic acids is 1. The molecule has 0 saturated carbocycles. The molecule has 0 bridgehead atoms. The maximum atomic E-state index is 11.0. The summed E-state index contributed by atoms with van der Waals surface area (Å²) in [7, 11) is 0. The highest BCUT2D eigenvalue weighted by molar-refractivity contribution is 5.88. The summed E-state index contributed by atoms with van der Waals surface area (Å²) in [6, 6.07) is 0.367. The standard InChI is InChI=1S/C12H19N3O2/c1-4-10(8(2)3)14-6-11-9(12(16)17)5-13-7-15-11/h5,7-8,10,14H,4,6H2,1-3H3,(H,16,17). The van der Waals surface area contributed by atoms with Gasteiger partial charge in [-0.1, -0.05) is 20.8 Å². The van der Waals surface area contributed by atoms with E-state index in [4.69, 9.17) is 5.11 Å². The molecule has 0 spiro atoms. The van der Waals surface area contributed by atoms with Gasteiger partial charge in [-0.3, -0.25) is 0 Å². The van der Waals surface area contributed by atoms with Gasteiger partial charge in [-0.25, -0.2) is 14.8 Å². The number of aromatic carboxylic acids is 1. The molecule has 5 nitrogen and oxygen atoms in total. The minimum Gasteiger partial charge on any atom is -0.478 e. The van der Waals surface area contributed by atoms with Crippen LogP contribution in [0.3, 0.4) is 0 Å². The Morgan fingerprint density at radius 3 is 2.76 bits per heavy atom. The fourth-order valence-corrected chi connectivity index (χ4v) is 1.75. The fourth-order valence-electron chi connectivity index (χ4n) is 1.75. The molecule has 0 aromatic carbocycles. The van der Waals surface area contributed by atoms with Crippen molar-refractivity contribution in [2.24, 2.45) is 5.92 Å². The minimum absolute atomic E-state index is 0.165. The van der Waals surface area contributed by atoms with Gasteiger partial charge in [-0.05, 0) is 12.3 Å². The maximum Gasteiger partial charge on any atom is 0.339 e.